The average molecular weight is 405 g/mol. The van der Waals surface area contributed by atoms with E-state index in [1.807, 2.05) is 0 Å². The van der Waals surface area contributed by atoms with Crippen LogP contribution in [0.2, 0.25) is 0 Å². The van der Waals surface area contributed by atoms with Crippen LogP contribution in [0.5, 0.6) is 11.5 Å². The van der Waals surface area contributed by atoms with Crippen molar-refractivity contribution in [3.8, 4) is 11.5 Å². The van der Waals surface area contributed by atoms with Gasteiger partial charge in [0, 0.05) is 16.1 Å². The monoisotopic (exact) mass is 404 g/mol. The fourth-order valence-corrected chi connectivity index (χ4v) is 2.29. The second-order valence-electron chi connectivity index (χ2n) is 4.99. The minimum absolute atomic E-state index is 0.264. The highest BCUT2D eigenvalue weighted by Gasteiger charge is 2.08. The Labute approximate surface area is 154 Å². The van der Waals surface area contributed by atoms with E-state index < -0.39 is 5.97 Å². The fourth-order valence-electron chi connectivity index (χ4n) is 2.02. The summed E-state index contributed by atoms with van der Waals surface area (Å²) in [5.74, 6) is 0.298. The smallest absolute Gasteiger partial charge is 0.331 e. The molecule has 2 aromatic carbocycles. The van der Waals surface area contributed by atoms with Crippen LogP contribution >= 0.6 is 15.9 Å². The predicted octanol–water partition coefficient (Wildman–Crippen LogP) is 3.91. The Kier molecular flexibility index (Phi) is 6.77. The van der Waals surface area contributed by atoms with Crippen molar-refractivity contribution >= 4 is 33.8 Å². The Balaban J connectivity index is 1.92. The number of hydrogen-bond donors (Lipinski definition) is 0. The summed E-state index contributed by atoms with van der Waals surface area (Å²) in [6.45, 7) is -0.309. The Morgan fingerprint density at radius 3 is 2.32 bits per heavy atom. The number of carbonyl (C=O) groups excluding carboxylic acids is 2. The normalized spacial score (nSPS) is 10.5. The van der Waals surface area contributed by atoms with Crippen LogP contribution in [0.3, 0.4) is 0 Å². The number of esters is 1. The maximum atomic E-state index is 11.9. The maximum absolute atomic E-state index is 11.9. The molecule has 2 rings (SSSR count). The zero-order valence-corrected chi connectivity index (χ0v) is 15.4. The van der Waals surface area contributed by atoms with E-state index >= 15 is 0 Å². The van der Waals surface area contributed by atoms with Gasteiger partial charge in [-0.1, -0.05) is 34.1 Å². The number of carbonyl (C=O) groups is 2. The van der Waals surface area contributed by atoms with Gasteiger partial charge in [-0.15, -0.1) is 0 Å². The Bertz CT molecular complexity index is 781. The van der Waals surface area contributed by atoms with E-state index in [1.165, 1.54) is 13.2 Å². The van der Waals surface area contributed by atoms with E-state index in [1.54, 1.807) is 55.7 Å². The van der Waals surface area contributed by atoms with Crippen molar-refractivity contribution in [2.45, 2.75) is 0 Å². The molecule has 0 saturated heterocycles. The highest BCUT2D eigenvalue weighted by atomic mass is 79.9. The zero-order chi connectivity index (χ0) is 18.2. The molecule has 0 aliphatic carbocycles. The number of Topliss-reactive ketones (excluding diaryl/α,β-unsaturated/α-hetero) is 1. The van der Waals surface area contributed by atoms with Gasteiger partial charge in [-0.2, -0.15) is 0 Å². The minimum atomic E-state index is -0.597. The number of benzene rings is 2. The lowest BCUT2D eigenvalue weighted by Gasteiger charge is -2.07. The molecule has 0 unspecified atom stereocenters. The summed E-state index contributed by atoms with van der Waals surface area (Å²) < 4.78 is 16.2. The van der Waals surface area contributed by atoms with Gasteiger partial charge in [0.05, 0.1) is 14.2 Å². The molecule has 0 spiro atoms. The van der Waals surface area contributed by atoms with E-state index in [0.29, 0.717) is 17.1 Å². The van der Waals surface area contributed by atoms with E-state index in [0.717, 1.165) is 10.0 Å². The summed E-state index contributed by atoms with van der Waals surface area (Å²) in [6, 6.07) is 12.1. The third-order valence-electron chi connectivity index (χ3n) is 3.33. The Morgan fingerprint density at radius 2 is 1.68 bits per heavy atom. The molecule has 0 radical (unpaired) electrons. The van der Waals surface area contributed by atoms with Crippen LogP contribution in [0.1, 0.15) is 15.9 Å². The summed E-state index contributed by atoms with van der Waals surface area (Å²) in [4.78, 5) is 23.7. The number of ketones is 1. The van der Waals surface area contributed by atoms with Crippen molar-refractivity contribution in [3.63, 3.8) is 0 Å². The molecular weight excluding hydrogens is 388 g/mol. The van der Waals surface area contributed by atoms with Gasteiger partial charge in [0.1, 0.15) is 0 Å². The van der Waals surface area contributed by atoms with Gasteiger partial charge in [0.25, 0.3) is 0 Å². The van der Waals surface area contributed by atoms with Crippen molar-refractivity contribution < 1.29 is 23.8 Å². The zero-order valence-electron chi connectivity index (χ0n) is 13.8. The molecule has 0 atom stereocenters. The third-order valence-corrected chi connectivity index (χ3v) is 3.86. The van der Waals surface area contributed by atoms with Gasteiger partial charge >= 0.3 is 5.97 Å². The lowest BCUT2D eigenvalue weighted by Crippen LogP contribution is -2.12. The van der Waals surface area contributed by atoms with E-state index in [9.17, 15) is 9.59 Å². The summed E-state index contributed by atoms with van der Waals surface area (Å²) in [6.07, 6.45) is 2.84. The number of hydrogen-bond acceptors (Lipinski definition) is 5. The fraction of sp³-hybridized carbons (Fsp3) is 0.158. The number of methoxy groups -OCH3 is 2. The van der Waals surface area contributed by atoms with Gasteiger partial charge in [-0.25, -0.2) is 4.79 Å². The molecule has 0 bridgehead atoms. The minimum Gasteiger partial charge on any atom is -0.493 e. The van der Waals surface area contributed by atoms with Crippen LogP contribution in [0, 0.1) is 0 Å². The molecule has 0 aliphatic rings. The topological polar surface area (TPSA) is 61.8 Å². The van der Waals surface area contributed by atoms with Gasteiger partial charge in [-0.05, 0) is 35.9 Å². The SMILES string of the molecule is COc1ccc(/C=C/C(=O)OCC(=O)c2ccc(Br)cc2)cc1OC. The van der Waals surface area contributed by atoms with Crippen molar-refractivity contribution in [3.05, 3.63) is 64.1 Å². The van der Waals surface area contributed by atoms with Crippen molar-refractivity contribution in [2.24, 2.45) is 0 Å². The average Bonchev–Trinajstić information content (AvgIpc) is 2.64. The van der Waals surface area contributed by atoms with Crippen LogP contribution in [0.15, 0.2) is 53.0 Å². The van der Waals surface area contributed by atoms with Crippen LogP contribution < -0.4 is 9.47 Å². The second kappa shape index (κ2) is 9.03. The predicted molar refractivity (Wildman–Crippen MR) is 98.0 cm³/mol. The van der Waals surface area contributed by atoms with E-state index in [4.69, 9.17) is 14.2 Å². The summed E-state index contributed by atoms with van der Waals surface area (Å²) in [5, 5.41) is 0. The number of ether oxygens (including phenoxy) is 3. The summed E-state index contributed by atoms with van der Waals surface area (Å²) in [7, 11) is 3.08. The summed E-state index contributed by atoms with van der Waals surface area (Å²) >= 11 is 3.30. The molecule has 0 saturated carbocycles. The van der Waals surface area contributed by atoms with Crippen LogP contribution in [0.4, 0.5) is 0 Å². The third kappa shape index (κ3) is 5.46. The van der Waals surface area contributed by atoms with Crippen molar-refractivity contribution in [1.82, 2.24) is 0 Å². The molecule has 0 aromatic heterocycles. The first-order chi connectivity index (χ1) is 12.0. The molecule has 25 heavy (non-hydrogen) atoms. The highest BCUT2D eigenvalue weighted by Crippen LogP contribution is 2.27. The van der Waals surface area contributed by atoms with E-state index in [-0.39, 0.29) is 12.4 Å². The first-order valence-electron chi connectivity index (χ1n) is 7.39. The first kappa shape index (κ1) is 18.7. The van der Waals surface area contributed by atoms with Gasteiger partial charge in [-0.3, -0.25) is 4.79 Å². The lowest BCUT2D eigenvalue weighted by atomic mass is 10.1. The quantitative estimate of drug-likeness (QED) is 0.397. The van der Waals surface area contributed by atoms with Gasteiger partial charge in [0.2, 0.25) is 0 Å². The van der Waals surface area contributed by atoms with E-state index in [2.05, 4.69) is 15.9 Å². The molecule has 0 N–H and O–H groups in total. The van der Waals surface area contributed by atoms with Crippen LogP contribution in [0.25, 0.3) is 6.08 Å². The van der Waals surface area contributed by atoms with Crippen LogP contribution in [-0.4, -0.2) is 32.6 Å². The number of rotatable bonds is 7. The second-order valence-corrected chi connectivity index (χ2v) is 5.90. The molecule has 130 valence electrons. The first-order valence-corrected chi connectivity index (χ1v) is 8.18. The molecule has 5 nitrogen and oxygen atoms in total. The molecular formula is C19H17BrO5. The number of halogens is 1. The highest BCUT2D eigenvalue weighted by molar-refractivity contribution is 9.10. The molecule has 0 aliphatic heterocycles. The molecule has 2 aromatic rings. The standard InChI is InChI=1S/C19H17BrO5/c1-23-17-9-3-13(11-18(17)24-2)4-10-19(22)25-12-16(21)14-5-7-15(20)8-6-14/h3-11H,12H2,1-2H3/b10-4+. The molecule has 0 fully saturated rings. The Morgan fingerprint density at radius 1 is 1.00 bits per heavy atom. The Hall–Kier alpha value is -2.60. The summed E-state index contributed by atoms with van der Waals surface area (Å²) in [5.41, 5.74) is 1.23. The van der Waals surface area contributed by atoms with Crippen molar-refractivity contribution in [1.29, 1.82) is 0 Å². The molecule has 0 heterocycles. The molecule has 0 amide bonds. The largest absolute Gasteiger partial charge is 0.493 e. The van der Waals surface area contributed by atoms with Gasteiger partial charge in [0.15, 0.2) is 23.9 Å². The van der Waals surface area contributed by atoms with Crippen LogP contribution in [-0.2, 0) is 9.53 Å². The molecule has 6 heteroatoms. The lowest BCUT2D eigenvalue weighted by molar-refractivity contribution is -0.136. The van der Waals surface area contributed by atoms with Crippen molar-refractivity contribution in [2.75, 3.05) is 20.8 Å². The maximum Gasteiger partial charge on any atom is 0.331 e. The van der Waals surface area contributed by atoms with Gasteiger partial charge < -0.3 is 14.2 Å².